The number of hydrogen-bond acceptors (Lipinski definition) is 1. The minimum atomic E-state index is 0.241. The molecule has 0 unspecified atom stereocenters. The van der Waals surface area contributed by atoms with Crippen LogP contribution in [-0.2, 0) is 18.4 Å². The normalized spacial score (nSPS) is 21.2. The van der Waals surface area contributed by atoms with Crippen molar-refractivity contribution in [2.45, 2.75) is 56.9 Å². The Kier molecular flexibility index (Phi) is 2.88. The maximum atomic E-state index is 6.26. The molecule has 0 atom stereocenters. The van der Waals surface area contributed by atoms with E-state index in [1.165, 1.54) is 68.0 Å². The Morgan fingerprint density at radius 1 is 1.10 bits per heavy atom. The average molecular weight is 268 g/mol. The molecule has 0 saturated heterocycles. The molecule has 0 bridgehead atoms. The lowest BCUT2D eigenvalue weighted by Crippen LogP contribution is -2.37. The molecule has 0 spiro atoms. The molecule has 0 amide bonds. The summed E-state index contributed by atoms with van der Waals surface area (Å²) in [6, 6.07) is 6.86. The lowest BCUT2D eigenvalue weighted by atomic mass is 9.69. The van der Waals surface area contributed by atoms with Crippen molar-refractivity contribution in [2.75, 3.05) is 6.54 Å². The number of aromatic nitrogens is 1. The molecule has 1 aliphatic heterocycles. The van der Waals surface area contributed by atoms with Crippen LogP contribution in [0.1, 0.15) is 49.7 Å². The summed E-state index contributed by atoms with van der Waals surface area (Å²) in [6.45, 7) is 1.98. The maximum absolute atomic E-state index is 6.26. The molecule has 2 heteroatoms. The van der Waals surface area contributed by atoms with Crippen molar-refractivity contribution in [3.8, 4) is 0 Å². The number of para-hydroxylation sites is 1. The van der Waals surface area contributed by atoms with Crippen molar-refractivity contribution >= 4 is 10.9 Å². The Morgan fingerprint density at radius 2 is 1.95 bits per heavy atom. The van der Waals surface area contributed by atoms with Crippen molar-refractivity contribution < 1.29 is 0 Å². The summed E-state index contributed by atoms with van der Waals surface area (Å²) in [5.41, 5.74) is 11.1. The fourth-order valence-corrected chi connectivity index (χ4v) is 4.49. The molecule has 2 N–H and O–H groups in total. The van der Waals surface area contributed by atoms with E-state index in [-0.39, 0.29) is 5.41 Å². The molecule has 2 nitrogen and oxygen atoms in total. The van der Waals surface area contributed by atoms with Gasteiger partial charge in [0.15, 0.2) is 0 Å². The standard InChI is InChI=1S/C18H24N2/c19-13-18(9-2-1-3-10-18)16-12-20-11-5-7-14-6-4-8-15(16)17(14)20/h4,6,8,12H,1-3,5,7,9-11,13,19H2. The highest BCUT2D eigenvalue weighted by Crippen LogP contribution is 2.43. The van der Waals surface area contributed by atoms with Crippen LogP contribution < -0.4 is 5.73 Å². The second-order valence-corrected chi connectivity index (χ2v) is 6.70. The molecular weight excluding hydrogens is 244 g/mol. The van der Waals surface area contributed by atoms with Crippen LogP contribution >= 0.6 is 0 Å². The van der Waals surface area contributed by atoms with Gasteiger partial charge in [-0.3, -0.25) is 0 Å². The molecular formula is C18H24N2. The number of benzene rings is 1. The van der Waals surface area contributed by atoms with Gasteiger partial charge in [-0.1, -0.05) is 37.5 Å². The molecule has 1 aromatic heterocycles. The van der Waals surface area contributed by atoms with Gasteiger partial charge in [0.25, 0.3) is 0 Å². The SMILES string of the molecule is NCC1(c2cn3c4c(cccc24)CCC3)CCCCC1. The van der Waals surface area contributed by atoms with Crippen molar-refractivity contribution in [3.63, 3.8) is 0 Å². The molecule has 2 heterocycles. The Balaban J connectivity index is 1.94. The van der Waals surface area contributed by atoms with E-state index in [2.05, 4.69) is 29.0 Å². The third-order valence-corrected chi connectivity index (χ3v) is 5.60. The number of nitrogens with zero attached hydrogens (tertiary/aromatic N) is 1. The Morgan fingerprint density at radius 3 is 2.75 bits per heavy atom. The van der Waals surface area contributed by atoms with Crippen LogP contribution in [0.4, 0.5) is 0 Å². The minimum Gasteiger partial charge on any atom is -0.347 e. The van der Waals surface area contributed by atoms with Gasteiger partial charge in [0.05, 0.1) is 5.52 Å². The number of hydrogen-bond donors (Lipinski definition) is 1. The van der Waals surface area contributed by atoms with Crippen LogP contribution in [-0.4, -0.2) is 11.1 Å². The van der Waals surface area contributed by atoms with Crippen LogP contribution in [0, 0.1) is 0 Å². The lowest BCUT2D eigenvalue weighted by Gasteiger charge is -2.36. The van der Waals surface area contributed by atoms with Crippen LogP contribution in [0.2, 0.25) is 0 Å². The highest BCUT2D eigenvalue weighted by molar-refractivity contribution is 5.88. The number of rotatable bonds is 2. The highest BCUT2D eigenvalue weighted by Gasteiger charge is 2.35. The summed E-state index contributed by atoms with van der Waals surface area (Å²) in [4.78, 5) is 0. The molecule has 106 valence electrons. The molecule has 1 aromatic carbocycles. The lowest BCUT2D eigenvalue weighted by molar-refractivity contribution is 0.302. The van der Waals surface area contributed by atoms with E-state index in [0.29, 0.717) is 0 Å². The van der Waals surface area contributed by atoms with Gasteiger partial charge in [0.1, 0.15) is 0 Å². The summed E-state index contributed by atoms with van der Waals surface area (Å²) in [5.74, 6) is 0. The van der Waals surface area contributed by atoms with Crippen LogP contribution in [0.25, 0.3) is 10.9 Å². The Hall–Kier alpha value is -1.28. The molecule has 20 heavy (non-hydrogen) atoms. The van der Waals surface area contributed by atoms with Gasteiger partial charge < -0.3 is 10.3 Å². The minimum absolute atomic E-state index is 0.241. The largest absolute Gasteiger partial charge is 0.347 e. The zero-order chi connectivity index (χ0) is 13.6. The fraction of sp³-hybridized carbons (Fsp3) is 0.556. The monoisotopic (exact) mass is 268 g/mol. The summed E-state index contributed by atoms with van der Waals surface area (Å²) >= 11 is 0. The van der Waals surface area contributed by atoms with E-state index < -0.39 is 0 Å². The molecule has 4 rings (SSSR count). The third-order valence-electron chi connectivity index (χ3n) is 5.60. The summed E-state index contributed by atoms with van der Waals surface area (Å²) in [5, 5.41) is 1.48. The average Bonchev–Trinajstić information content (AvgIpc) is 2.90. The highest BCUT2D eigenvalue weighted by atomic mass is 15.0. The number of aryl methyl sites for hydroxylation is 2. The predicted octanol–water partition coefficient (Wildman–Crippen LogP) is 3.75. The van der Waals surface area contributed by atoms with E-state index in [1.54, 1.807) is 5.56 Å². The van der Waals surface area contributed by atoms with E-state index in [1.807, 2.05) is 0 Å². The van der Waals surface area contributed by atoms with Gasteiger partial charge in [-0.25, -0.2) is 0 Å². The zero-order valence-electron chi connectivity index (χ0n) is 12.2. The first-order valence-corrected chi connectivity index (χ1v) is 8.15. The quantitative estimate of drug-likeness (QED) is 0.883. The third kappa shape index (κ3) is 1.67. The van der Waals surface area contributed by atoms with Gasteiger partial charge in [-0.2, -0.15) is 0 Å². The van der Waals surface area contributed by atoms with Crippen molar-refractivity contribution in [3.05, 3.63) is 35.5 Å². The molecule has 1 fully saturated rings. The van der Waals surface area contributed by atoms with Crippen LogP contribution in [0.15, 0.2) is 24.4 Å². The summed E-state index contributed by atoms with van der Waals surface area (Å²) in [7, 11) is 0. The summed E-state index contributed by atoms with van der Waals surface area (Å²) in [6.07, 6.45) is 11.5. The Labute approximate surface area is 121 Å². The molecule has 1 saturated carbocycles. The predicted molar refractivity (Wildman–Crippen MR) is 84.1 cm³/mol. The molecule has 2 aliphatic rings. The van der Waals surface area contributed by atoms with Gasteiger partial charge >= 0.3 is 0 Å². The van der Waals surface area contributed by atoms with Gasteiger partial charge in [0.2, 0.25) is 0 Å². The second-order valence-electron chi connectivity index (χ2n) is 6.70. The van der Waals surface area contributed by atoms with Gasteiger partial charge in [-0.05, 0) is 36.8 Å². The van der Waals surface area contributed by atoms with Crippen LogP contribution in [0.5, 0.6) is 0 Å². The first kappa shape index (κ1) is 12.5. The van der Waals surface area contributed by atoms with E-state index in [0.717, 1.165) is 6.54 Å². The molecule has 0 radical (unpaired) electrons. The smallest absolute Gasteiger partial charge is 0.0515 e. The van der Waals surface area contributed by atoms with Gasteiger partial charge in [-0.15, -0.1) is 0 Å². The molecule has 2 aromatic rings. The second kappa shape index (κ2) is 4.63. The zero-order valence-corrected chi connectivity index (χ0v) is 12.2. The van der Waals surface area contributed by atoms with Gasteiger partial charge in [0, 0.05) is 30.1 Å². The van der Waals surface area contributed by atoms with E-state index in [4.69, 9.17) is 5.73 Å². The number of nitrogens with two attached hydrogens (primary N) is 1. The van der Waals surface area contributed by atoms with E-state index in [9.17, 15) is 0 Å². The van der Waals surface area contributed by atoms with E-state index >= 15 is 0 Å². The fourth-order valence-electron chi connectivity index (χ4n) is 4.49. The Bertz CT molecular complexity index is 632. The first-order chi connectivity index (χ1) is 9.84. The topological polar surface area (TPSA) is 30.9 Å². The summed E-state index contributed by atoms with van der Waals surface area (Å²) < 4.78 is 2.50. The van der Waals surface area contributed by atoms with Crippen molar-refractivity contribution in [2.24, 2.45) is 5.73 Å². The van der Waals surface area contributed by atoms with Crippen LogP contribution in [0.3, 0.4) is 0 Å². The molecule has 1 aliphatic carbocycles. The van der Waals surface area contributed by atoms with Crippen molar-refractivity contribution in [1.82, 2.24) is 4.57 Å². The van der Waals surface area contributed by atoms with Crippen molar-refractivity contribution in [1.29, 1.82) is 0 Å². The first-order valence-electron chi connectivity index (χ1n) is 8.15. The maximum Gasteiger partial charge on any atom is 0.0515 e.